The van der Waals surface area contributed by atoms with E-state index in [1.165, 1.54) is 0 Å². The lowest BCUT2D eigenvalue weighted by Gasteiger charge is -2.32. The topological polar surface area (TPSA) is 43.4 Å². The summed E-state index contributed by atoms with van der Waals surface area (Å²) in [5.74, 6) is 1.60. The molecule has 0 aliphatic carbocycles. The number of nitrogens with zero attached hydrogens (tertiary/aromatic N) is 1. The van der Waals surface area contributed by atoms with E-state index in [4.69, 9.17) is 9.47 Å². The highest BCUT2D eigenvalue weighted by atomic mass is 16.6. The second-order valence-corrected chi connectivity index (χ2v) is 4.91. The maximum absolute atomic E-state index is 6.05. The van der Waals surface area contributed by atoms with Crippen molar-refractivity contribution < 1.29 is 9.47 Å². The highest BCUT2D eigenvalue weighted by Crippen LogP contribution is 2.34. The van der Waals surface area contributed by atoms with Crippen molar-refractivity contribution in [2.75, 3.05) is 13.7 Å². The molecule has 4 nitrogen and oxygen atoms in total. The van der Waals surface area contributed by atoms with Gasteiger partial charge in [0.05, 0.1) is 6.04 Å². The maximum Gasteiger partial charge on any atom is 0.161 e. The molecule has 0 amide bonds. The van der Waals surface area contributed by atoms with E-state index in [0.29, 0.717) is 6.61 Å². The molecule has 1 aliphatic rings. The van der Waals surface area contributed by atoms with Crippen LogP contribution < -0.4 is 14.8 Å². The van der Waals surface area contributed by atoms with Crippen LogP contribution in [-0.4, -0.2) is 24.7 Å². The van der Waals surface area contributed by atoms with Crippen LogP contribution in [0.4, 0.5) is 0 Å². The van der Waals surface area contributed by atoms with E-state index in [0.717, 1.165) is 22.8 Å². The van der Waals surface area contributed by atoms with E-state index < -0.39 is 0 Å². The van der Waals surface area contributed by atoms with Gasteiger partial charge in [-0.2, -0.15) is 0 Å². The molecule has 0 fully saturated rings. The summed E-state index contributed by atoms with van der Waals surface area (Å²) < 4.78 is 11.8. The van der Waals surface area contributed by atoms with Crippen molar-refractivity contribution in [3.05, 3.63) is 53.9 Å². The quantitative estimate of drug-likeness (QED) is 0.930. The third-order valence-electron chi connectivity index (χ3n) is 3.51. The Morgan fingerprint density at radius 1 is 1.20 bits per heavy atom. The van der Waals surface area contributed by atoms with Crippen molar-refractivity contribution in [3.8, 4) is 11.5 Å². The van der Waals surface area contributed by atoms with Crippen LogP contribution in [0.15, 0.2) is 42.6 Å². The highest BCUT2D eigenvalue weighted by Gasteiger charge is 2.29. The van der Waals surface area contributed by atoms with Gasteiger partial charge < -0.3 is 14.8 Å². The molecule has 20 heavy (non-hydrogen) atoms. The molecule has 0 saturated heterocycles. The highest BCUT2D eigenvalue weighted by molar-refractivity contribution is 5.41. The fourth-order valence-electron chi connectivity index (χ4n) is 2.43. The summed E-state index contributed by atoms with van der Waals surface area (Å²) in [5.41, 5.74) is 2.11. The molecular weight excluding hydrogens is 252 g/mol. The smallest absolute Gasteiger partial charge is 0.161 e. The molecule has 0 saturated carbocycles. The summed E-state index contributed by atoms with van der Waals surface area (Å²) in [6.07, 6.45) is 1.82. The first-order chi connectivity index (χ1) is 9.78. The minimum atomic E-state index is -0.0700. The van der Waals surface area contributed by atoms with Gasteiger partial charge in [0.2, 0.25) is 0 Å². The van der Waals surface area contributed by atoms with Gasteiger partial charge in [-0.05, 0) is 37.7 Å². The summed E-state index contributed by atoms with van der Waals surface area (Å²) in [4.78, 5) is 4.35. The third kappa shape index (κ3) is 2.47. The number of hydrogen-bond donors (Lipinski definition) is 1. The SMILES string of the molecule is CNC(c1ccc(C)nc1)C1COc2ccccc2O1. The van der Waals surface area contributed by atoms with E-state index in [2.05, 4.69) is 16.4 Å². The second-order valence-electron chi connectivity index (χ2n) is 4.91. The van der Waals surface area contributed by atoms with Gasteiger partial charge in [0.1, 0.15) is 6.61 Å². The van der Waals surface area contributed by atoms with Gasteiger partial charge in [-0.25, -0.2) is 0 Å². The number of benzene rings is 1. The van der Waals surface area contributed by atoms with Crippen molar-refractivity contribution in [1.82, 2.24) is 10.3 Å². The minimum Gasteiger partial charge on any atom is -0.486 e. The second kappa shape index (κ2) is 5.51. The Morgan fingerprint density at radius 3 is 2.70 bits per heavy atom. The Bertz CT molecular complexity index is 583. The Balaban J connectivity index is 1.83. The van der Waals surface area contributed by atoms with Gasteiger partial charge >= 0.3 is 0 Å². The number of rotatable bonds is 3. The number of para-hydroxylation sites is 2. The molecule has 4 heteroatoms. The molecule has 1 aromatic carbocycles. The summed E-state index contributed by atoms with van der Waals surface area (Å²) in [5, 5.41) is 3.29. The monoisotopic (exact) mass is 270 g/mol. The minimum absolute atomic E-state index is 0.0523. The fourth-order valence-corrected chi connectivity index (χ4v) is 2.43. The Kier molecular flexibility index (Phi) is 3.56. The lowest BCUT2D eigenvalue weighted by molar-refractivity contribution is 0.0637. The van der Waals surface area contributed by atoms with Crippen LogP contribution in [0.3, 0.4) is 0 Å². The summed E-state index contributed by atoms with van der Waals surface area (Å²) in [7, 11) is 1.92. The van der Waals surface area contributed by atoms with Crippen LogP contribution >= 0.6 is 0 Å². The first-order valence-electron chi connectivity index (χ1n) is 6.76. The van der Waals surface area contributed by atoms with Crippen LogP contribution in [0.5, 0.6) is 11.5 Å². The number of hydrogen-bond acceptors (Lipinski definition) is 4. The molecule has 104 valence electrons. The zero-order valence-electron chi connectivity index (χ0n) is 11.7. The molecule has 1 N–H and O–H groups in total. The Labute approximate surface area is 118 Å². The van der Waals surface area contributed by atoms with Crippen LogP contribution in [-0.2, 0) is 0 Å². The van der Waals surface area contributed by atoms with Gasteiger partial charge in [0.25, 0.3) is 0 Å². The van der Waals surface area contributed by atoms with E-state index in [1.54, 1.807) is 0 Å². The average molecular weight is 270 g/mol. The number of likely N-dealkylation sites (N-methyl/N-ethyl adjacent to an activating group) is 1. The van der Waals surface area contributed by atoms with Gasteiger partial charge in [-0.1, -0.05) is 18.2 Å². The van der Waals surface area contributed by atoms with Gasteiger partial charge in [-0.3, -0.25) is 4.98 Å². The first kappa shape index (κ1) is 12.9. The van der Waals surface area contributed by atoms with Gasteiger partial charge in [0.15, 0.2) is 17.6 Å². The molecule has 0 bridgehead atoms. The van der Waals surface area contributed by atoms with E-state index >= 15 is 0 Å². The molecule has 2 heterocycles. The molecule has 2 aromatic rings. The predicted molar refractivity (Wildman–Crippen MR) is 77.1 cm³/mol. The molecule has 1 aromatic heterocycles. The molecule has 0 radical (unpaired) electrons. The molecule has 2 atom stereocenters. The van der Waals surface area contributed by atoms with Gasteiger partial charge in [0, 0.05) is 11.9 Å². The van der Waals surface area contributed by atoms with Crippen molar-refractivity contribution in [2.24, 2.45) is 0 Å². The summed E-state index contributed by atoms with van der Waals surface area (Å²) >= 11 is 0. The number of aryl methyl sites for hydroxylation is 1. The lowest BCUT2D eigenvalue weighted by Crippen LogP contribution is -2.40. The van der Waals surface area contributed by atoms with Crippen LogP contribution in [0, 0.1) is 6.92 Å². The zero-order chi connectivity index (χ0) is 13.9. The van der Waals surface area contributed by atoms with Crippen LogP contribution in [0.2, 0.25) is 0 Å². The Morgan fingerprint density at radius 2 is 2.00 bits per heavy atom. The molecule has 1 aliphatic heterocycles. The molecule has 3 rings (SSSR count). The van der Waals surface area contributed by atoms with Crippen molar-refractivity contribution in [1.29, 1.82) is 0 Å². The first-order valence-corrected chi connectivity index (χ1v) is 6.76. The van der Waals surface area contributed by atoms with Crippen LogP contribution in [0.1, 0.15) is 17.3 Å². The molecular formula is C16H18N2O2. The normalized spacial score (nSPS) is 18.6. The number of pyridine rings is 1. The average Bonchev–Trinajstić information content (AvgIpc) is 2.50. The van der Waals surface area contributed by atoms with Crippen molar-refractivity contribution >= 4 is 0 Å². The maximum atomic E-state index is 6.05. The predicted octanol–water partition coefficient (Wildman–Crippen LogP) is 2.49. The third-order valence-corrected chi connectivity index (χ3v) is 3.51. The number of nitrogens with one attached hydrogen (secondary N) is 1. The van der Waals surface area contributed by atoms with E-state index in [1.807, 2.05) is 50.5 Å². The number of ether oxygens (including phenoxy) is 2. The molecule has 0 spiro atoms. The van der Waals surface area contributed by atoms with Gasteiger partial charge in [-0.15, -0.1) is 0 Å². The Hall–Kier alpha value is -2.07. The summed E-state index contributed by atoms with van der Waals surface area (Å²) in [6.45, 7) is 2.50. The zero-order valence-corrected chi connectivity index (χ0v) is 11.7. The van der Waals surface area contributed by atoms with Crippen molar-refractivity contribution in [3.63, 3.8) is 0 Å². The summed E-state index contributed by atoms with van der Waals surface area (Å²) in [6, 6.07) is 11.9. The van der Waals surface area contributed by atoms with Crippen LogP contribution in [0.25, 0.3) is 0 Å². The molecule has 2 unspecified atom stereocenters. The number of aromatic nitrogens is 1. The largest absolute Gasteiger partial charge is 0.486 e. The number of fused-ring (bicyclic) bond motifs is 1. The van der Waals surface area contributed by atoms with E-state index in [9.17, 15) is 0 Å². The van der Waals surface area contributed by atoms with E-state index in [-0.39, 0.29) is 12.1 Å². The fraction of sp³-hybridized carbons (Fsp3) is 0.312. The lowest BCUT2D eigenvalue weighted by atomic mass is 10.0. The standard InChI is InChI=1S/C16H18N2O2/c1-11-7-8-12(9-18-11)16(17-2)15-10-19-13-5-3-4-6-14(13)20-15/h3-9,15-17H,10H2,1-2H3. The van der Waals surface area contributed by atoms with Crippen molar-refractivity contribution in [2.45, 2.75) is 19.1 Å².